The first-order valence-electron chi connectivity index (χ1n) is 10.1. The Balaban J connectivity index is 1.68. The Kier molecular flexibility index (Phi) is 9.51. The van der Waals surface area contributed by atoms with Crippen LogP contribution in [0, 0.1) is 0 Å². The maximum Gasteiger partial charge on any atom is 0.338 e. The first kappa shape index (κ1) is 23.1. The smallest absolute Gasteiger partial charge is 0.338 e. The molecule has 0 unspecified atom stereocenters. The molecule has 7 nitrogen and oxygen atoms in total. The molecule has 2 aromatic carbocycles. The van der Waals surface area contributed by atoms with Gasteiger partial charge in [-0.05, 0) is 62.2 Å². The fraction of sp³-hybridized carbons (Fsp3) is 0.391. The Morgan fingerprint density at radius 3 is 2.03 bits per heavy atom. The zero-order valence-electron chi connectivity index (χ0n) is 17.8. The molecule has 0 saturated heterocycles. The number of urea groups is 1. The van der Waals surface area contributed by atoms with Crippen LogP contribution in [0.5, 0.6) is 11.5 Å². The third-order valence-corrected chi connectivity index (χ3v) is 3.94. The van der Waals surface area contributed by atoms with Crippen molar-refractivity contribution in [1.82, 2.24) is 10.6 Å². The van der Waals surface area contributed by atoms with E-state index in [2.05, 4.69) is 17.6 Å². The van der Waals surface area contributed by atoms with E-state index in [1.54, 1.807) is 24.3 Å². The summed E-state index contributed by atoms with van der Waals surface area (Å²) in [6, 6.07) is 14.1. The molecule has 2 N–H and O–H groups in total. The van der Waals surface area contributed by atoms with Gasteiger partial charge in [-0.2, -0.15) is 0 Å². The van der Waals surface area contributed by atoms with Crippen molar-refractivity contribution in [2.75, 3.05) is 19.8 Å². The number of hydrogen-bond donors (Lipinski definition) is 2. The SMILES string of the molecule is CCCOc1ccc(OCCOC(=O)c2ccc(CNC(=O)NC(C)C)cc2)cc1. The molecule has 30 heavy (non-hydrogen) atoms. The molecule has 0 aliphatic carbocycles. The number of ether oxygens (including phenoxy) is 3. The second-order valence-corrected chi connectivity index (χ2v) is 6.98. The van der Waals surface area contributed by atoms with Gasteiger partial charge >= 0.3 is 12.0 Å². The monoisotopic (exact) mass is 414 g/mol. The van der Waals surface area contributed by atoms with Gasteiger partial charge < -0.3 is 24.8 Å². The van der Waals surface area contributed by atoms with Crippen molar-refractivity contribution in [2.24, 2.45) is 0 Å². The van der Waals surface area contributed by atoms with Gasteiger partial charge in [-0.3, -0.25) is 0 Å². The summed E-state index contributed by atoms with van der Waals surface area (Å²) in [7, 11) is 0. The van der Waals surface area contributed by atoms with E-state index in [9.17, 15) is 9.59 Å². The van der Waals surface area contributed by atoms with Crippen LogP contribution in [0.2, 0.25) is 0 Å². The molecule has 2 rings (SSSR count). The number of esters is 1. The second-order valence-electron chi connectivity index (χ2n) is 6.98. The first-order valence-corrected chi connectivity index (χ1v) is 10.1. The molecule has 0 aliphatic rings. The van der Waals surface area contributed by atoms with E-state index in [4.69, 9.17) is 14.2 Å². The lowest BCUT2D eigenvalue weighted by Crippen LogP contribution is -2.39. The third kappa shape index (κ3) is 8.43. The molecule has 0 aliphatic heterocycles. The molecule has 0 atom stereocenters. The predicted molar refractivity (Wildman–Crippen MR) is 115 cm³/mol. The normalized spacial score (nSPS) is 10.4. The fourth-order valence-corrected chi connectivity index (χ4v) is 2.48. The lowest BCUT2D eigenvalue weighted by Gasteiger charge is -2.11. The van der Waals surface area contributed by atoms with Crippen molar-refractivity contribution in [3.05, 3.63) is 59.7 Å². The molecular formula is C23H30N2O5. The van der Waals surface area contributed by atoms with Crippen LogP contribution in [-0.4, -0.2) is 37.9 Å². The summed E-state index contributed by atoms with van der Waals surface area (Å²) < 4.78 is 16.3. The van der Waals surface area contributed by atoms with Crippen LogP contribution in [0.15, 0.2) is 48.5 Å². The number of benzene rings is 2. The summed E-state index contributed by atoms with van der Waals surface area (Å²) in [6.45, 7) is 7.30. The number of carbonyl (C=O) groups excluding carboxylic acids is 2. The highest BCUT2D eigenvalue weighted by Gasteiger charge is 2.08. The van der Waals surface area contributed by atoms with Crippen LogP contribution < -0.4 is 20.1 Å². The minimum absolute atomic E-state index is 0.0744. The lowest BCUT2D eigenvalue weighted by atomic mass is 10.1. The summed E-state index contributed by atoms with van der Waals surface area (Å²) in [6.07, 6.45) is 0.957. The summed E-state index contributed by atoms with van der Waals surface area (Å²) in [4.78, 5) is 23.7. The summed E-state index contributed by atoms with van der Waals surface area (Å²) in [5.41, 5.74) is 1.34. The summed E-state index contributed by atoms with van der Waals surface area (Å²) >= 11 is 0. The largest absolute Gasteiger partial charge is 0.494 e. The van der Waals surface area contributed by atoms with Crippen molar-refractivity contribution >= 4 is 12.0 Å². The minimum atomic E-state index is -0.418. The summed E-state index contributed by atoms with van der Waals surface area (Å²) in [5, 5.41) is 5.51. The molecule has 0 fully saturated rings. The van der Waals surface area contributed by atoms with Gasteiger partial charge in [-0.1, -0.05) is 19.1 Å². The van der Waals surface area contributed by atoms with Gasteiger partial charge in [0.05, 0.1) is 12.2 Å². The van der Waals surface area contributed by atoms with E-state index in [-0.39, 0.29) is 25.3 Å². The Labute approximate surface area is 177 Å². The zero-order chi connectivity index (χ0) is 21.8. The van der Waals surface area contributed by atoms with E-state index in [0.717, 1.165) is 17.7 Å². The molecule has 0 saturated carbocycles. The number of hydrogen-bond acceptors (Lipinski definition) is 5. The average molecular weight is 415 g/mol. The number of carbonyl (C=O) groups is 2. The highest BCUT2D eigenvalue weighted by Crippen LogP contribution is 2.17. The highest BCUT2D eigenvalue weighted by molar-refractivity contribution is 5.89. The Morgan fingerprint density at radius 2 is 1.47 bits per heavy atom. The Bertz CT molecular complexity index is 788. The quantitative estimate of drug-likeness (QED) is 0.430. The number of amides is 2. The van der Waals surface area contributed by atoms with Gasteiger partial charge in [0.1, 0.15) is 24.7 Å². The molecular weight excluding hydrogens is 384 g/mol. The van der Waals surface area contributed by atoms with Crippen LogP contribution in [-0.2, 0) is 11.3 Å². The topological polar surface area (TPSA) is 85.9 Å². The minimum Gasteiger partial charge on any atom is -0.494 e. The van der Waals surface area contributed by atoms with E-state index < -0.39 is 5.97 Å². The van der Waals surface area contributed by atoms with Gasteiger partial charge in [-0.15, -0.1) is 0 Å². The molecule has 0 aromatic heterocycles. The molecule has 0 radical (unpaired) electrons. The lowest BCUT2D eigenvalue weighted by molar-refractivity contribution is 0.0450. The van der Waals surface area contributed by atoms with Crippen molar-refractivity contribution in [3.8, 4) is 11.5 Å². The molecule has 0 spiro atoms. The average Bonchev–Trinajstić information content (AvgIpc) is 2.74. The number of nitrogens with one attached hydrogen (secondary N) is 2. The summed E-state index contributed by atoms with van der Waals surface area (Å²) in [5.74, 6) is 1.07. The molecule has 7 heteroatoms. The van der Waals surface area contributed by atoms with Crippen molar-refractivity contribution in [3.63, 3.8) is 0 Å². The van der Waals surface area contributed by atoms with Gasteiger partial charge in [0, 0.05) is 12.6 Å². The van der Waals surface area contributed by atoms with Crippen LogP contribution in [0.25, 0.3) is 0 Å². The molecule has 2 aromatic rings. The van der Waals surface area contributed by atoms with Crippen LogP contribution >= 0.6 is 0 Å². The second kappa shape index (κ2) is 12.4. The van der Waals surface area contributed by atoms with Crippen molar-refractivity contribution in [1.29, 1.82) is 0 Å². The van der Waals surface area contributed by atoms with E-state index in [1.807, 2.05) is 38.1 Å². The standard InChI is InChI=1S/C23H30N2O5/c1-4-13-28-20-9-11-21(12-10-20)29-14-15-30-22(26)19-7-5-18(6-8-19)16-24-23(27)25-17(2)3/h5-12,17H,4,13-16H2,1-3H3,(H2,24,25,27). The van der Waals surface area contributed by atoms with Gasteiger partial charge in [0.25, 0.3) is 0 Å². The maximum atomic E-state index is 12.1. The van der Waals surface area contributed by atoms with E-state index in [0.29, 0.717) is 24.5 Å². The van der Waals surface area contributed by atoms with Gasteiger partial charge in [0.2, 0.25) is 0 Å². The zero-order valence-corrected chi connectivity index (χ0v) is 17.8. The van der Waals surface area contributed by atoms with Gasteiger partial charge in [0.15, 0.2) is 0 Å². The van der Waals surface area contributed by atoms with Gasteiger partial charge in [-0.25, -0.2) is 9.59 Å². The Hall–Kier alpha value is -3.22. The van der Waals surface area contributed by atoms with Crippen LogP contribution in [0.4, 0.5) is 4.79 Å². The number of rotatable bonds is 11. The van der Waals surface area contributed by atoms with E-state index in [1.165, 1.54) is 0 Å². The first-order chi connectivity index (χ1) is 14.5. The van der Waals surface area contributed by atoms with Crippen molar-refractivity contribution in [2.45, 2.75) is 39.8 Å². The molecule has 0 heterocycles. The van der Waals surface area contributed by atoms with Crippen LogP contribution in [0.1, 0.15) is 43.1 Å². The Morgan fingerprint density at radius 1 is 0.867 bits per heavy atom. The molecule has 0 bridgehead atoms. The van der Waals surface area contributed by atoms with Crippen molar-refractivity contribution < 1.29 is 23.8 Å². The molecule has 162 valence electrons. The van der Waals surface area contributed by atoms with E-state index >= 15 is 0 Å². The fourth-order valence-electron chi connectivity index (χ4n) is 2.48. The highest BCUT2D eigenvalue weighted by atomic mass is 16.6. The third-order valence-electron chi connectivity index (χ3n) is 3.94. The van der Waals surface area contributed by atoms with Crippen LogP contribution in [0.3, 0.4) is 0 Å². The maximum absolute atomic E-state index is 12.1. The predicted octanol–water partition coefficient (Wildman–Crippen LogP) is 3.92. The molecule has 2 amide bonds.